The van der Waals surface area contributed by atoms with E-state index in [1.54, 1.807) is 6.07 Å². The van der Waals surface area contributed by atoms with Crippen LogP contribution in [0.25, 0.3) is 0 Å². The number of hydrogen-bond acceptors (Lipinski definition) is 3. The molecule has 1 N–H and O–H groups in total. The molecule has 1 atom stereocenters. The lowest BCUT2D eigenvalue weighted by Crippen LogP contribution is -2.53. The number of amides is 2. The molecule has 2 aliphatic heterocycles. The third-order valence-electron chi connectivity index (χ3n) is 7.97. The maximum atomic E-state index is 14.0. The van der Waals surface area contributed by atoms with E-state index in [1.807, 2.05) is 35.2 Å². The first-order valence-electron chi connectivity index (χ1n) is 13.3. The highest BCUT2D eigenvalue weighted by molar-refractivity contribution is 9.10. The normalized spacial score (nSPS) is 19.0. The molecule has 0 radical (unpaired) electrons. The Labute approximate surface area is 232 Å². The molecule has 38 heavy (non-hydrogen) atoms. The Bertz CT molecular complexity index is 1320. The predicted molar refractivity (Wildman–Crippen MR) is 150 cm³/mol. The molecular weight excluding hydrogens is 545 g/mol. The van der Waals surface area contributed by atoms with E-state index in [1.165, 1.54) is 30.2 Å². The van der Waals surface area contributed by atoms with E-state index in [0.717, 1.165) is 42.5 Å². The Morgan fingerprint density at radius 2 is 1.76 bits per heavy atom. The van der Waals surface area contributed by atoms with Crippen LogP contribution in [0.15, 0.2) is 77.3 Å². The summed E-state index contributed by atoms with van der Waals surface area (Å²) in [4.78, 5) is 30.1. The maximum absolute atomic E-state index is 14.0. The second-order valence-electron chi connectivity index (χ2n) is 10.4. The molecule has 3 aromatic carbocycles. The summed E-state index contributed by atoms with van der Waals surface area (Å²) >= 11 is 3.50. The highest BCUT2D eigenvalue weighted by Gasteiger charge is 2.38. The first-order valence-corrected chi connectivity index (χ1v) is 14.1. The molecule has 7 heteroatoms. The van der Waals surface area contributed by atoms with Crippen molar-refractivity contribution >= 4 is 27.7 Å². The summed E-state index contributed by atoms with van der Waals surface area (Å²) in [6.45, 7) is 4.61. The zero-order valence-corrected chi connectivity index (χ0v) is 23.2. The highest BCUT2D eigenvalue weighted by atomic mass is 79.9. The molecule has 3 aromatic rings. The summed E-state index contributed by atoms with van der Waals surface area (Å²) < 4.78 is 14.9. The molecule has 0 spiro atoms. The van der Waals surface area contributed by atoms with Crippen molar-refractivity contribution < 1.29 is 14.0 Å². The summed E-state index contributed by atoms with van der Waals surface area (Å²) in [6, 6.07) is 22.6. The minimum Gasteiger partial charge on any atom is -0.347 e. The van der Waals surface area contributed by atoms with Crippen molar-refractivity contribution in [2.75, 3.05) is 26.2 Å². The van der Waals surface area contributed by atoms with E-state index in [0.29, 0.717) is 24.9 Å². The van der Waals surface area contributed by atoms with Crippen LogP contribution in [0.3, 0.4) is 0 Å². The lowest BCUT2D eigenvalue weighted by atomic mass is 9.80. The van der Waals surface area contributed by atoms with Crippen molar-refractivity contribution in [1.82, 2.24) is 15.1 Å². The minimum atomic E-state index is -0.565. The van der Waals surface area contributed by atoms with Gasteiger partial charge in [-0.1, -0.05) is 58.4 Å². The van der Waals surface area contributed by atoms with Crippen LogP contribution in [0, 0.1) is 5.82 Å². The number of nitrogens with one attached hydrogen (secondary N) is 1. The van der Waals surface area contributed by atoms with E-state index < -0.39 is 5.54 Å². The van der Waals surface area contributed by atoms with Gasteiger partial charge < -0.3 is 15.1 Å². The number of fused-ring (bicyclic) bond motifs is 1. The van der Waals surface area contributed by atoms with Gasteiger partial charge in [0.2, 0.25) is 5.91 Å². The largest absolute Gasteiger partial charge is 0.347 e. The van der Waals surface area contributed by atoms with Crippen molar-refractivity contribution in [1.29, 1.82) is 0 Å². The summed E-state index contributed by atoms with van der Waals surface area (Å²) in [6.07, 6.45) is 3.09. The zero-order chi connectivity index (χ0) is 26.7. The molecule has 0 bridgehead atoms. The van der Waals surface area contributed by atoms with E-state index in [4.69, 9.17) is 0 Å². The lowest BCUT2D eigenvalue weighted by molar-refractivity contribution is -0.121. The smallest absolute Gasteiger partial charge is 0.254 e. The van der Waals surface area contributed by atoms with Gasteiger partial charge in [-0.05, 0) is 72.7 Å². The van der Waals surface area contributed by atoms with Crippen molar-refractivity contribution in [2.24, 2.45) is 0 Å². The quantitative estimate of drug-likeness (QED) is 0.400. The van der Waals surface area contributed by atoms with Gasteiger partial charge in [0, 0.05) is 43.1 Å². The second kappa shape index (κ2) is 11.4. The molecule has 1 fully saturated rings. The van der Waals surface area contributed by atoms with Gasteiger partial charge in [0.15, 0.2) is 0 Å². The number of carbonyl (C=O) groups is 2. The summed E-state index contributed by atoms with van der Waals surface area (Å²) in [5.41, 5.74) is 3.48. The third kappa shape index (κ3) is 5.69. The maximum Gasteiger partial charge on any atom is 0.254 e. The monoisotopic (exact) mass is 577 g/mol. The van der Waals surface area contributed by atoms with Gasteiger partial charge in [-0.15, -0.1) is 0 Å². The number of hydrogen-bond donors (Lipinski definition) is 1. The number of nitrogens with zero attached hydrogens (tertiary/aromatic N) is 2. The molecule has 2 heterocycles. The summed E-state index contributed by atoms with van der Waals surface area (Å²) in [5.74, 6) is -0.343. The van der Waals surface area contributed by atoms with Crippen LogP contribution in [0.4, 0.5) is 4.39 Å². The minimum absolute atomic E-state index is 0.00307. The van der Waals surface area contributed by atoms with Crippen molar-refractivity contribution in [2.45, 2.75) is 44.2 Å². The Balaban J connectivity index is 1.32. The summed E-state index contributed by atoms with van der Waals surface area (Å²) in [7, 11) is 0. The van der Waals surface area contributed by atoms with Crippen molar-refractivity contribution in [3.8, 4) is 0 Å². The Morgan fingerprint density at radius 1 is 1.00 bits per heavy atom. The standard InChI is InChI=1S/C31H33BrFN3O2/c1-22(37)34-31(25-8-5-10-27(33)21-25)14-18-35(19-15-31)16-13-29-28-11-3-2-6-23(28)12-17-36(29)30(38)24-7-4-9-26(32)20-24/h2-11,20-21,29H,12-19H2,1H3,(H,34,37). The number of benzene rings is 3. The number of likely N-dealkylation sites (tertiary alicyclic amines) is 1. The second-order valence-corrected chi connectivity index (χ2v) is 11.3. The first-order chi connectivity index (χ1) is 18.3. The van der Waals surface area contributed by atoms with Crippen LogP contribution >= 0.6 is 15.9 Å². The van der Waals surface area contributed by atoms with Crippen LogP contribution in [0.5, 0.6) is 0 Å². The zero-order valence-electron chi connectivity index (χ0n) is 21.6. The van der Waals surface area contributed by atoms with E-state index in [-0.39, 0.29) is 23.7 Å². The molecule has 2 aliphatic rings. The van der Waals surface area contributed by atoms with E-state index in [2.05, 4.69) is 50.4 Å². The molecule has 5 nitrogen and oxygen atoms in total. The van der Waals surface area contributed by atoms with Gasteiger partial charge in [0.05, 0.1) is 11.6 Å². The van der Waals surface area contributed by atoms with Gasteiger partial charge >= 0.3 is 0 Å². The fourth-order valence-corrected chi connectivity index (χ4v) is 6.46. The molecule has 0 saturated carbocycles. The molecular formula is C31H33BrFN3O2. The van der Waals surface area contributed by atoms with Gasteiger partial charge in [-0.25, -0.2) is 4.39 Å². The van der Waals surface area contributed by atoms with E-state index in [9.17, 15) is 14.0 Å². The number of piperidine rings is 1. The predicted octanol–water partition coefficient (Wildman–Crippen LogP) is 5.85. The fraction of sp³-hybridized carbons (Fsp3) is 0.355. The van der Waals surface area contributed by atoms with Crippen LogP contribution in [-0.4, -0.2) is 47.8 Å². The average Bonchev–Trinajstić information content (AvgIpc) is 2.92. The average molecular weight is 579 g/mol. The molecule has 198 valence electrons. The van der Waals surface area contributed by atoms with Crippen LogP contribution in [-0.2, 0) is 16.8 Å². The number of rotatable bonds is 6. The number of carbonyl (C=O) groups excluding carboxylic acids is 2. The topological polar surface area (TPSA) is 52.7 Å². The van der Waals surface area contributed by atoms with Gasteiger partial charge in [-0.2, -0.15) is 0 Å². The SMILES string of the molecule is CC(=O)NC1(c2cccc(F)c2)CCN(CCC2c3ccccc3CCN2C(=O)c2cccc(Br)c2)CC1. The van der Waals surface area contributed by atoms with Crippen LogP contribution < -0.4 is 5.32 Å². The Hall–Kier alpha value is -3.03. The summed E-state index contributed by atoms with van der Waals surface area (Å²) in [5, 5.41) is 3.13. The fourth-order valence-electron chi connectivity index (χ4n) is 6.07. The first kappa shape index (κ1) is 26.6. The van der Waals surface area contributed by atoms with Crippen molar-refractivity contribution in [3.63, 3.8) is 0 Å². The third-order valence-corrected chi connectivity index (χ3v) is 8.46. The molecule has 1 saturated heterocycles. The molecule has 5 rings (SSSR count). The molecule has 1 unspecified atom stereocenters. The van der Waals surface area contributed by atoms with Gasteiger partial charge in [-0.3, -0.25) is 9.59 Å². The molecule has 2 amide bonds. The highest BCUT2D eigenvalue weighted by Crippen LogP contribution is 2.36. The number of halogens is 2. The van der Waals surface area contributed by atoms with Crippen LogP contribution in [0.2, 0.25) is 0 Å². The Kier molecular flexibility index (Phi) is 7.96. The van der Waals surface area contributed by atoms with E-state index >= 15 is 0 Å². The van der Waals surface area contributed by atoms with Crippen molar-refractivity contribution in [3.05, 3.63) is 105 Å². The Morgan fingerprint density at radius 3 is 2.50 bits per heavy atom. The van der Waals surface area contributed by atoms with Crippen LogP contribution in [0.1, 0.15) is 59.3 Å². The van der Waals surface area contributed by atoms with Gasteiger partial charge in [0.1, 0.15) is 5.82 Å². The lowest BCUT2D eigenvalue weighted by Gasteiger charge is -2.44. The molecule has 0 aromatic heterocycles. The van der Waals surface area contributed by atoms with Gasteiger partial charge in [0.25, 0.3) is 5.91 Å². The molecule has 0 aliphatic carbocycles.